The maximum atomic E-state index is 9.52. The van der Waals surface area contributed by atoms with Crippen molar-refractivity contribution in [3.63, 3.8) is 0 Å². The Labute approximate surface area is 174 Å². The van der Waals surface area contributed by atoms with Crippen LogP contribution in [0.5, 0.6) is 11.5 Å². The van der Waals surface area contributed by atoms with Gasteiger partial charge < -0.3 is 19.6 Å². The SMILES string of the molecule is COc1cc(CCc2cnc3[nH]c(-c4cnn(C[C@H](C)O)c4)cc3n2)cc(OC)c1. The van der Waals surface area contributed by atoms with Crippen LogP contribution in [0, 0.1) is 0 Å². The van der Waals surface area contributed by atoms with Gasteiger partial charge >= 0.3 is 0 Å². The quantitative estimate of drug-likeness (QED) is 0.466. The van der Waals surface area contributed by atoms with Crippen LogP contribution in [0.25, 0.3) is 22.4 Å². The second kappa shape index (κ2) is 8.54. The first kappa shape index (κ1) is 19.9. The van der Waals surface area contributed by atoms with Crippen molar-refractivity contribution in [3.05, 3.63) is 54.1 Å². The third-order valence-corrected chi connectivity index (χ3v) is 4.86. The van der Waals surface area contributed by atoms with E-state index in [4.69, 9.17) is 14.5 Å². The number of aromatic nitrogens is 5. The number of methoxy groups -OCH3 is 2. The van der Waals surface area contributed by atoms with Gasteiger partial charge in [-0.05, 0) is 43.5 Å². The summed E-state index contributed by atoms with van der Waals surface area (Å²) in [5.74, 6) is 1.55. The molecular weight excluding hydrogens is 382 g/mol. The predicted molar refractivity (Wildman–Crippen MR) is 114 cm³/mol. The largest absolute Gasteiger partial charge is 0.497 e. The van der Waals surface area contributed by atoms with E-state index in [-0.39, 0.29) is 0 Å². The van der Waals surface area contributed by atoms with E-state index in [1.807, 2.05) is 30.5 Å². The van der Waals surface area contributed by atoms with Crippen molar-refractivity contribution in [3.8, 4) is 22.8 Å². The van der Waals surface area contributed by atoms with Crippen LogP contribution >= 0.6 is 0 Å². The Balaban J connectivity index is 1.51. The topological polar surface area (TPSA) is 98.1 Å². The maximum Gasteiger partial charge on any atom is 0.156 e. The van der Waals surface area contributed by atoms with Gasteiger partial charge in [-0.3, -0.25) is 4.68 Å². The Bertz CT molecular complexity index is 1130. The summed E-state index contributed by atoms with van der Waals surface area (Å²) in [4.78, 5) is 12.6. The molecule has 4 rings (SSSR count). The lowest BCUT2D eigenvalue weighted by Gasteiger charge is -2.08. The molecule has 8 nitrogen and oxygen atoms in total. The highest BCUT2D eigenvalue weighted by Crippen LogP contribution is 2.24. The summed E-state index contributed by atoms with van der Waals surface area (Å²) >= 11 is 0. The van der Waals surface area contributed by atoms with Crippen LogP contribution in [-0.4, -0.2) is 50.2 Å². The molecule has 0 aliphatic carbocycles. The molecule has 0 unspecified atom stereocenters. The van der Waals surface area contributed by atoms with E-state index >= 15 is 0 Å². The van der Waals surface area contributed by atoms with Crippen LogP contribution in [0.1, 0.15) is 18.2 Å². The minimum Gasteiger partial charge on any atom is -0.497 e. The van der Waals surface area contributed by atoms with E-state index < -0.39 is 6.10 Å². The van der Waals surface area contributed by atoms with Crippen LogP contribution in [-0.2, 0) is 19.4 Å². The monoisotopic (exact) mass is 407 g/mol. The van der Waals surface area contributed by atoms with Crippen molar-refractivity contribution in [1.82, 2.24) is 24.7 Å². The first-order valence-corrected chi connectivity index (χ1v) is 9.81. The van der Waals surface area contributed by atoms with Crippen molar-refractivity contribution in [2.75, 3.05) is 14.2 Å². The Hall–Kier alpha value is -3.39. The number of aryl methyl sites for hydroxylation is 2. The summed E-state index contributed by atoms with van der Waals surface area (Å²) in [7, 11) is 3.30. The van der Waals surface area contributed by atoms with Crippen LogP contribution in [0.2, 0.25) is 0 Å². The Morgan fingerprint density at radius 2 is 1.83 bits per heavy atom. The molecular formula is C22H25N5O3. The van der Waals surface area contributed by atoms with Gasteiger partial charge in [0, 0.05) is 17.8 Å². The van der Waals surface area contributed by atoms with Crippen LogP contribution in [0.15, 0.2) is 42.9 Å². The molecule has 0 fully saturated rings. The van der Waals surface area contributed by atoms with Crippen molar-refractivity contribution in [1.29, 1.82) is 0 Å². The molecule has 8 heteroatoms. The lowest BCUT2D eigenvalue weighted by atomic mass is 10.1. The molecule has 2 N–H and O–H groups in total. The molecule has 0 saturated carbocycles. The van der Waals surface area contributed by atoms with Crippen molar-refractivity contribution in [2.24, 2.45) is 0 Å². The molecule has 0 saturated heterocycles. The lowest BCUT2D eigenvalue weighted by molar-refractivity contribution is 0.168. The van der Waals surface area contributed by atoms with E-state index in [1.54, 1.807) is 38.2 Å². The summed E-state index contributed by atoms with van der Waals surface area (Å²) in [5.41, 5.74) is 5.42. The molecule has 0 aliphatic rings. The van der Waals surface area contributed by atoms with Gasteiger partial charge in [-0.15, -0.1) is 0 Å². The third kappa shape index (κ3) is 4.44. The molecule has 3 heterocycles. The van der Waals surface area contributed by atoms with Crippen LogP contribution in [0.4, 0.5) is 0 Å². The fourth-order valence-electron chi connectivity index (χ4n) is 3.37. The number of nitrogens with zero attached hydrogens (tertiary/aromatic N) is 4. The molecule has 0 amide bonds. The Morgan fingerprint density at radius 1 is 1.07 bits per heavy atom. The van der Waals surface area contributed by atoms with E-state index in [2.05, 4.69) is 15.1 Å². The van der Waals surface area contributed by atoms with E-state index in [1.165, 1.54) is 0 Å². The minimum absolute atomic E-state index is 0.448. The number of rotatable bonds is 8. The predicted octanol–water partition coefficient (Wildman–Crippen LogP) is 3.00. The molecule has 30 heavy (non-hydrogen) atoms. The highest BCUT2D eigenvalue weighted by Gasteiger charge is 2.10. The summed E-state index contributed by atoms with van der Waals surface area (Å²) in [6.45, 7) is 2.19. The number of aliphatic hydroxyl groups is 1. The minimum atomic E-state index is -0.448. The van der Waals surface area contributed by atoms with Crippen LogP contribution < -0.4 is 9.47 Å². The fourth-order valence-corrected chi connectivity index (χ4v) is 3.37. The highest BCUT2D eigenvalue weighted by atomic mass is 16.5. The van der Waals surface area contributed by atoms with Gasteiger partial charge in [0.1, 0.15) is 17.0 Å². The first-order valence-electron chi connectivity index (χ1n) is 9.81. The van der Waals surface area contributed by atoms with Gasteiger partial charge in [0.2, 0.25) is 0 Å². The Kier molecular flexibility index (Phi) is 5.67. The van der Waals surface area contributed by atoms with E-state index in [0.717, 1.165) is 58.0 Å². The number of ether oxygens (including phenoxy) is 2. The molecule has 3 aromatic heterocycles. The molecule has 0 radical (unpaired) electrons. The van der Waals surface area contributed by atoms with Crippen molar-refractivity contribution in [2.45, 2.75) is 32.4 Å². The average Bonchev–Trinajstić information content (AvgIpc) is 3.37. The second-order valence-corrected chi connectivity index (χ2v) is 7.30. The number of hydrogen-bond acceptors (Lipinski definition) is 6. The number of H-pyrrole nitrogens is 1. The molecule has 156 valence electrons. The molecule has 0 aliphatic heterocycles. The number of nitrogens with one attached hydrogen (secondary N) is 1. The highest BCUT2D eigenvalue weighted by molar-refractivity contribution is 5.79. The van der Waals surface area contributed by atoms with Crippen molar-refractivity contribution >= 4 is 11.2 Å². The van der Waals surface area contributed by atoms with Gasteiger partial charge in [-0.2, -0.15) is 5.10 Å². The van der Waals surface area contributed by atoms with Gasteiger partial charge in [0.15, 0.2) is 5.65 Å². The average molecular weight is 407 g/mol. The van der Waals surface area contributed by atoms with Crippen LogP contribution in [0.3, 0.4) is 0 Å². The van der Waals surface area contributed by atoms with Crippen molar-refractivity contribution < 1.29 is 14.6 Å². The molecule has 4 aromatic rings. The van der Waals surface area contributed by atoms with Gasteiger partial charge in [-0.1, -0.05) is 0 Å². The zero-order valence-electron chi connectivity index (χ0n) is 17.3. The number of fused-ring (bicyclic) bond motifs is 1. The third-order valence-electron chi connectivity index (χ3n) is 4.86. The van der Waals surface area contributed by atoms with E-state index in [9.17, 15) is 5.11 Å². The standard InChI is InChI=1S/C22H25N5O3/c1-14(28)12-27-13-16(10-24-27)20-9-21-22(26-20)23-11-17(25-21)5-4-15-6-18(29-2)8-19(7-15)30-3/h6-11,13-14,28H,4-5,12H2,1-3H3,(H,23,26)/t14-/m0/s1. The smallest absolute Gasteiger partial charge is 0.156 e. The summed E-state index contributed by atoms with van der Waals surface area (Å²) in [6, 6.07) is 7.85. The number of aromatic amines is 1. The summed E-state index contributed by atoms with van der Waals surface area (Å²) in [5, 5.41) is 13.8. The van der Waals surface area contributed by atoms with Gasteiger partial charge in [0.05, 0.1) is 50.6 Å². The zero-order chi connectivity index (χ0) is 21.1. The molecule has 1 aromatic carbocycles. The molecule has 1 atom stereocenters. The summed E-state index contributed by atoms with van der Waals surface area (Å²) < 4.78 is 12.4. The normalized spacial score (nSPS) is 12.3. The maximum absolute atomic E-state index is 9.52. The number of benzene rings is 1. The van der Waals surface area contributed by atoms with E-state index in [0.29, 0.717) is 6.54 Å². The molecule has 0 bridgehead atoms. The lowest BCUT2D eigenvalue weighted by Crippen LogP contribution is -2.11. The second-order valence-electron chi connectivity index (χ2n) is 7.30. The number of aliphatic hydroxyl groups excluding tert-OH is 1. The van der Waals surface area contributed by atoms with Gasteiger partial charge in [-0.25, -0.2) is 9.97 Å². The van der Waals surface area contributed by atoms with Gasteiger partial charge in [0.25, 0.3) is 0 Å². The summed E-state index contributed by atoms with van der Waals surface area (Å²) in [6.07, 6.45) is 6.58. The number of hydrogen-bond donors (Lipinski definition) is 2. The Morgan fingerprint density at radius 3 is 2.53 bits per heavy atom. The fraction of sp³-hybridized carbons (Fsp3) is 0.318. The first-order chi connectivity index (χ1) is 14.5. The molecule has 0 spiro atoms. The zero-order valence-corrected chi connectivity index (χ0v) is 17.3.